The Labute approximate surface area is 166 Å². The van der Waals surface area contributed by atoms with E-state index in [1.165, 1.54) is 49.4 Å². The fourth-order valence-corrected chi connectivity index (χ4v) is 4.23. The van der Waals surface area contributed by atoms with Gasteiger partial charge in [-0.15, -0.1) is 0 Å². The predicted octanol–water partition coefficient (Wildman–Crippen LogP) is 7.89. The van der Waals surface area contributed by atoms with E-state index >= 15 is 0 Å². The average Bonchev–Trinajstić information content (AvgIpc) is 2.78. The Kier molecular flexibility index (Phi) is 4.18. The molecule has 28 heavy (non-hydrogen) atoms. The number of fused-ring (bicyclic) bond motifs is 2. The lowest BCUT2D eigenvalue weighted by molar-refractivity contribution is 1.16. The third-order valence-corrected chi connectivity index (χ3v) is 5.67. The number of aryl methyl sites for hydroxylation is 1. The first kappa shape index (κ1) is 16.8. The van der Waals surface area contributed by atoms with E-state index < -0.39 is 0 Å². The lowest BCUT2D eigenvalue weighted by Crippen LogP contribution is -1.89. The maximum atomic E-state index is 2.37. The molecule has 5 rings (SSSR count). The summed E-state index contributed by atoms with van der Waals surface area (Å²) in [6, 6.07) is 37.4. The molecule has 0 amide bonds. The van der Waals surface area contributed by atoms with Crippen molar-refractivity contribution in [1.29, 1.82) is 0 Å². The molecule has 0 bridgehead atoms. The van der Waals surface area contributed by atoms with Crippen molar-refractivity contribution in [2.75, 3.05) is 0 Å². The summed E-state index contributed by atoms with van der Waals surface area (Å²) in [4.78, 5) is 0. The molecule has 0 N–H and O–H groups in total. The molecule has 0 aliphatic rings. The molecular weight excluding hydrogens is 336 g/mol. The van der Waals surface area contributed by atoms with Crippen molar-refractivity contribution < 1.29 is 0 Å². The van der Waals surface area contributed by atoms with Gasteiger partial charge in [-0.1, -0.05) is 104 Å². The Morgan fingerprint density at radius 3 is 2.11 bits per heavy atom. The van der Waals surface area contributed by atoms with E-state index in [0.717, 1.165) is 6.42 Å². The number of rotatable bonds is 3. The molecule has 0 aliphatic heterocycles. The molecule has 0 heterocycles. The molecule has 0 atom stereocenters. The van der Waals surface area contributed by atoms with Crippen LogP contribution in [0, 0.1) is 0 Å². The Bertz CT molecular complexity index is 1270. The zero-order valence-corrected chi connectivity index (χ0v) is 16.0. The Hall–Kier alpha value is -3.38. The molecule has 0 radical (unpaired) electrons. The predicted molar refractivity (Wildman–Crippen MR) is 122 cm³/mol. The fourth-order valence-electron chi connectivity index (χ4n) is 4.23. The Morgan fingerprint density at radius 2 is 1.25 bits per heavy atom. The quantitative estimate of drug-likeness (QED) is 0.307. The molecule has 0 aliphatic carbocycles. The highest BCUT2D eigenvalue weighted by molar-refractivity contribution is 6.03. The minimum Gasteiger partial charge on any atom is -0.0622 e. The summed E-state index contributed by atoms with van der Waals surface area (Å²) in [5.74, 6) is 0. The zero-order valence-electron chi connectivity index (χ0n) is 16.0. The molecule has 5 aromatic carbocycles. The third-order valence-electron chi connectivity index (χ3n) is 5.67. The topological polar surface area (TPSA) is 0 Å². The molecule has 5 aromatic rings. The summed E-state index contributed by atoms with van der Waals surface area (Å²) in [5.41, 5.74) is 6.54. The second kappa shape index (κ2) is 6.98. The summed E-state index contributed by atoms with van der Waals surface area (Å²) in [6.07, 6.45) is 1.04. The first-order valence-electron chi connectivity index (χ1n) is 9.94. The highest BCUT2D eigenvalue weighted by atomic mass is 14.1. The number of benzene rings is 5. The normalized spacial score (nSPS) is 11.2. The maximum absolute atomic E-state index is 2.37. The van der Waals surface area contributed by atoms with E-state index in [1.807, 2.05) is 0 Å². The van der Waals surface area contributed by atoms with Crippen molar-refractivity contribution in [2.45, 2.75) is 13.3 Å². The van der Waals surface area contributed by atoms with Gasteiger partial charge in [0.15, 0.2) is 0 Å². The van der Waals surface area contributed by atoms with E-state index in [1.54, 1.807) is 0 Å². The van der Waals surface area contributed by atoms with Crippen LogP contribution in [0.2, 0.25) is 0 Å². The monoisotopic (exact) mass is 358 g/mol. The van der Waals surface area contributed by atoms with Crippen LogP contribution in [0.25, 0.3) is 43.8 Å². The lowest BCUT2D eigenvalue weighted by Gasteiger charge is -2.14. The van der Waals surface area contributed by atoms with Gasteiger partial charge in [0.2, 0.25) is 0 Å². The number of hydrogen-bond acceptors (Lipinski definition) is 0. The Balaban J connectivity index is 1.80. The third kappa shape index (κ3) is 2.78. The van der Waals surface area contributed by atoms with Crippen LogP contribution in [0.5, 0.6) is 0 Å². The largest absolute Gasteiger partial charge is 0.0622 e. The van der Waals surface area contributed by atoms with E-state index in [2.05, 4.69) is 110 Å². The van der Waals surface area contributed by atoms with Crippen LogP contribution in [0.1, 0.15) is 12.5 Å². The van der Waals surface area contributed by atoms with Gasteiger partial charge >= 0.3 is 0 Å². The summed E-state index contributed by atoms with van der Waals surface area (Å²) < 4.78 is 0. The first-order chi connectivity index (χ1) is 13.8. The van der Waals surface area contributed by atoms with Crippen molar-refractivity contribution in [3.63, 3.8) is 0 Å². The van der Waals surface area contributed by atoms with E-state index in [9.17, 15) is 0 Å². The molecule has 0 fully saturated rings. The lowest BCUT2D eigenvalue weighted by atomic mass is 9.90. The molecule has 0 nitrogen and oxygen atoms in total. The van der Waals surface area contributed by atoms with Gasteiger partial charge in [0.05, 0.1) is 0 Å². The van der Waals surface area contributed by atoms with Crippen LogP contribution in [-0.4, -0.2) is 0 Å². The average molecular weight is 358 g/mol. The van der Waals surface area contributed by atoms with E-state index in [4.69, 9.17) is 0 Å². The molecular formula is C28H22. The van der Waals surface area contributed by atoms with Crippen LogP contribution < -0.4 is 0 Å². The fraction of sp³-hybridized carbons (Fsp3) is 0.0714. The van der Waals surface area contributed by atoms with Gasteiger partial charge in [-0.25, -0.2) is 0 Å². The SMILES string of the molecule is CCc1ccc(-c2ccccc2)c2cc(-c3cccc4ccccc34)ccc12. The molecule has 0 unspecified atom stereocenters. The van der Waals surface area contributed by atoms with Gasteiger partial charge in [0.25, 0.3) is 0 Å². The molecule has 0 saturated heterocycles. The van der Waals surface area contributed by atoms with Crippen LogP contribution in [-0.2, 0) is 6.42 Å². The van der Waals surface area contributed by atoms with Crippen molar-refractivity contribution in [3.05, 3.63) is 109 Å². The standard InChI is InChI=1S/C28H22/c1-2-20-15-17-27(21-9-4-3-5-10-21)28-19-23(16-18-26(20)28)25-14-8-12-22-11-6-7-13-24(22)25/h3-19H,2H2,1H3. The van der Waals surface area contributed by atoms with Crippen molar-refractivity contribution >= 4 is 21.5 Å². The van der Waals surface area contributed by atoms with Crippen LogP contribution in [0.15, 0.2) is 103 Å². The summed E-state index contributed by atoms with van der Waals surface area (Å²) >= 11 is 0. The van der Waals surface area contributed by atoms with E-state index in [-0.39, 0.29) is 0 Å². The van der Waals surface area contributed by atoms with Gasteiger partial charge in [0.1, 0.15) is 0 Å². The second-order valence-corrected chi connectivity index (χ2v) is 7.28. The van der Waals surface area contributed by atoms with Gasteiger partial charge < -0.3 is 0 Å². The summed E-state index contributed by atoms with van der Waals surface area (Å²) in [6.45, 7) is 2.23. The minimum atomic E-state index is 1.04. The minimum absolute atomic E-state index is 1.04. The van der Waals surface area contributed by atoms with E-state index in [0.29, 0.717) is 0 Å². The van der Waals surface area contributed by atoms with Gasteiger partial charge in [0, 0.05) is 0 Å². The molecule has 0 spiro atoms. The Morgan fingerprint density at radius 1 is 0.500 bits per heavy atom. The van der Waals surface area contributed by atoms with Crippen molar-refractivity contribution in [1.82, 2.24) is 0 Å². The first-order valence-corrected chi connectivity index (χ1v) is 9.94. The van der Waals surface area contributed by atoms with Gasteiger partial charge in [-0.2, -0.15) is 0 Å². The highest BCUT2D eigenvalue weighted by Crippen LogP contribution is 2.36. The van der Waals surface area contributed by atoms with Crippen LogP contribution >= 0.6 is 0 Å². The van der Waals surface area contributed by atoms with Gasteiger partial charge in [-0.05, 0) is 61.8 Å². The van der Waals surface area contributed by atoms with Crippen LogP contribution in [0.4, 0.5) is 0 Å². The molecule has 134 valence electrons. The maximum Gasteiger partial charge on any atom is -0.00965 e. The van der Waals surface area contributed by atoms with Crippen molar-refractivity contribution in [2.24, 2.45) is 0 Å². The molecule has 0 aromatic heterocycles. The van der Waals surface area contributed by atoms with Crippen molar-refractivity contribution in [3.8, 4) is 22.3 Å². The molecule has 0 saturated carbocycles. The smallest absolute Gasteiger partial charge is 0.00965 e. The van der Waals surface area contributed by atoms with Crippen LogP contribution in [0.3, 0.4) is 0 Å². The highest BCUT2D eigenvalue weighted by Gasteiger charge is 2.10. The second-order valence-electron chi connectivity index (χ2n) is 7.28. The number of hydrogen-bond donors (Lipinski definition) is 0. The molecule has 0 heteroatoms. The van der Waals surface area contributed by atoms with Gasteiger partial charge in [-0.3, -0.25) is 0 Å². The summed E-state index contributed by atoms with van der Waals surface area (Å²) in [5, 5.41) is 5.27. The zero-order chi connectivity index (χ0) is 18.9. The summed E-state index contributed by atoms with van der Waals surface area (Å²) in [7, 11) is 0.